The Balaban J connectivity index is 1.97. The second kappa shape index (κ2) is 8.23. The molecule has 4 rings (SSSR count). The third-order valence-corrected chi connectivity index (χ3v) is 6.12. The van der Waals surface area contributed by atoms with Gasteiger partial charge in [-0.2, -0.15) is 0 Å². The molecule has 1 N–H and O–H groups in total. The Labute approximate surface area is 189 Å². The number of carbonyl (C=O) groups excluding carboxylic acids is 2. The first-order chi connectivity index (χ1) is 14.9. The summed E-state index contributed by atoms with van der Waals surface area (Å²) >= 11 is 3.53. The number of esters is 1. The number of allylic oxidation sites excluding steroid dienone is 2. The normalized spacial score (nSPS) is 17.2. The van der Waals surface area contributed by atoms with E-state index in [1.54, 1.807) is 33.3 Å². The highest BCUT2D eigenvalue weighted by Crippen LogP contribution is 2.49. The molecule has 1 atom stereocenters. The van der Waals surface area contributed by atoms with Crippen molar-refractivity contribution in [1.82, 2.24) is 5.32 Å². The first-order valence-corrected chi connectivity index (χ1v) is 10.7. The van der Waals surface area contributed by atoms with E-state index in [-0.39, 0.29) is 12.4 Å². The van der Waals surface area contributed by atoms with E-state index < -0.39 is 11.9 Å². The van der Waals surface area contributed by atoms with Crippen LogP contribution in [-0.2, 0) is 9.53 Å². The average molecular weight is 484 g/mol. The number of methoxy groups -OCH3 is 2. The van der Waals surface area contributed by atoms with Gasteiger partial charge >= 0.3 is 5.97 Å². The number of nitrogens with one attached hydrogen (secondary N) is 1. The van der Waals surface area contributed by atoms with E-state index in [2.05, 4.69) is 21.2 Å². The molecular weight excluding hydrogens is 462 g/mol. The van der Waals surface area contributed by atoms with Crippen LogP contribution < -0.4 is 14.8 Å². The molecule has 1 aliphatic heterocycles. The molecule has 160 valence electrons. The number of hydrogen-bond donors (Lipinski definition) is 1. The molecule has 2 aliphatic rings. The van der Waals surface area contributed by atoms with Crippen molar-refractivity contribution >= 4 is 33.4 Å². The zero-order chi connectivity index (χ0) is 22.3. The van der Waals surface area contributed by atoms with Crippen LogP contribution in [0.4, 0.5) is 0 Å². The van der Waals surface area contributed by atoms with Crippen LogP contribution in [0.2, 0.25) is 0 Å². The van der Waals surface area contributed by atoms with E-state index >= 15 is 0 Å². The van der Waals surface area contributed by atoms with Gasteiger partial charge in [-0.05, 0) is 47.5 Å². The van der Waals surface area contributed by atoms with Gasteiger partial charge in [0.25, 0.3) is 0 Å². The van der Waals surface area contributed by atoms with Gasteiger partial charge in [0.15, 0.2) is 17.3 Å². The SMILES string of the molecule is CCOC(=O)C1=C(C)NC2=C(C(=O)c3ccccc32)[C@H]1c1cc(Br)c(OC)c(OC)c1. The highest BCUT2D eigenvalue weighted by molar-refractivity contribution is 9.10. The number of ketones is 1. The van der Waals surface area contributed by atoms with E-state index in [9.17, 15) is 9.59 Å². The summed E-state index contributed by atoms with van der Waals surface area (Å²) in [5.74, 6) is -0.154. The first kappa shape index (κ1) is 21.2. The number of benzene rings is 2. The largest absolute Gasteiger partial charge is 0.493 e. The Morgan fingerprint density at radius 2 is 1.84 bits per heavy atom. The predicted molar refractivity (Wildman–Crippen MR) is 120 cm³/mol. The fourth-order valence-corrected chi connectivity index (χ4v) is 4.87. The predicted octanol–water partition coefficient (Wildman–Crippen LogP) is 4.60. The third kappa shape index (κ3) is 3.33. The van der Waals surface area contributed by atoms with Gasteiger partial charge in [0.1, 0.15) is 0 Å². The molecule has 0 spiro atoms. The van der Waals surface area contributed by atoms with Gasteiger partial charge in [0.05, 0.1) is 36.6 Å². The molecule has 7 heteroatoms. The molecule has 0 bridgehead atoms. The molecule has 6 nitrogen and oxygen atoms in total. The Bertz CT molecular complexity index is 1160. The number of rotatable bonds is 5. The van der Waals surface area contributed by atoms with E-state index in [1.165, 1.54) is 0 Å². The summed E-state index contributed by atoms with van der Waals surface area (Å²) in [6.07, 6.45) is 0. The Kier molecular flexibility index (Phi) is 5.62. The first-order valence-electron chi connectivity index (χ1n) is 9.87. The highest BCUT2D eigenvalue weighted by atomic mass is 79.9. The molecule has 0 saturated carbocycles. The van der Waals surface area contributed by atoms with Crippen molar-refractivity contribution in [2.24, 2.45) is 0 Å². The summed E-state index contributed by atoms with van der Waals surface area (Å²) in [5, 5.41) is 3.29. The second-order valence-electron chi connectivity index (χ2n) is 7.22. The monoisotopic (exact) mass is 483 g/mol. The molecular formula is C24H22BrNO5. The zero-order valence-corrected chi connectivity index (χ0v) is 19.3. The molecule has 31 heavy (non-hydrogen) atoms. The highest BCUT2D eigenvalue weighted by Gasteiger charge is 2.43. The fraction of sp³-hybridized carbons (Fsp3) is 0.250. The lowest BCUT2D eigenvalue weighted by Gasteiger charge is -2.29. The minimum Gasteiger partial charge on any atom is -0.493 e. The maximum atomic E-state index is 13.5. The van der Waals surface area contributed by atoms with Crippen LogP contribution in [0, 0.1) is 0 Å². The van der Waals surface area contributed by atoms with Crippen LogP contribution in [0.1, 0.15) is 41.3 Å². The minimum atomic E-state index is -0.619. The van der Waals surface area contributed by atoms with Crippen LogP contribution in [0.3, 0.4) is 0 Å². The molecule has 0 unspecified atom stereocenters. The number of ether oxygens (including phenoxy) is 3. The van der Waals surface area contributed by atoms with Gasteiger partial charge < -0.3 is 19.5 Å². The third-order valence-electron chi connectivity index (χ3n) is 5.53. The van der Waals surface area contributed by atoms with Crippen molar-refractivity contribution in [2.75, 3.05) is 20.8 Å². The zero-order valence-electron chi connectivity index (χ0n) is 17.7. The van der Waals surface area contributed by atoms with Crippen molar-refractivity contribution < 1.29 is 23.8 Å². The minimum absolute atomic E-state index is 0.108. The average Bonchev–Trinajstić information content (AvgIpc) is 3.04. The molecule has 1 heterocycles. The van der Waals surface area contributed by atoms with Crippen molar-refractivity contribution in [3.05, 3.63) is 74.4 Å². The fourth-order valence-electron chi connectivity index (χ4n) is 4.25. The number of halogens is 1. The molecule has 0 fully saturated rings. The van der Waals surface area contributed by atoms with Crippen molar-refractivity contribution in [3.8, 4) is 11.5 Å². The van der Waals surface area contributed by atoms with Crippen LogP contribution in [0.5, 0.6) is 11.5 Å². The van der Waals surface area contributed by atoms with Gasteiger partial charge in [-0.25, -0.2) is 4.79 Å². The maximum absolute atomic E-state index is 13.5. The number of fused-ring (bicyclic) bond motifs is 2. The Morgan fingerprint density at radius 1 is 1.13 bits per heavy atom. The number of dihydropyridines is 1. The van der Waals surface area contributed by atoms with E-state index in [0.717, 1.165) is 16.8 Å². The van der Waals surface area contributed by atoms with Crippen LogP contribution in [-0.4, -0.2) is 32.6 Å². The topological polar surface area (TPSA) is 73.9 Å². The van der Waals surface area contributed by atoms with E-state index in [4.69, 9.17) is 14.2 Å². The van der Waals surface area contributed by atoms with Gasteiger partial charge in [-0.1, -0.05) is 24.3 Å². The second-order valence-corrected chi connectivity index (χ2v) is 8.07. The van der Waals surface area contributed by atoms with Crippen molar-refractivity contribution in [1.29, 1.82) is 0 Å². The van der Waals surface area contributed by atoms with Gasteiger partial charge in [-0.15, -0.1) is 0 Å². The maximum Gasteiger partial charge on any atom is 0.336 e. The molecule has 0 radical (unpaired) electrons. The van der Waals surface area contributed by atoms with Crippen LogP contribution >= 0.6 is 15.9 Å². The van der Waals surface area contributed by atoms with Gasteiger partial charge in [0.2, 0.25) is 0 Å². The lowest BCUT2D eigenvalue weighted by Crippen LogP contribution is -2.29. The molecule has 0 saturated heterocycles. The number of hydrogen-bond acceptors (Lipinski definition) is 6. The smallest absolute Gasteiger partial charge is 0.336 e. The van der Waals surface area contributed by atoms with Gasteiger partial charge in [-0.3, -0.25) is 4.79 Å². The van der Waals surface area contributed by atoms with Crippen molar-refractivity contribution in [2.45, 2.75) is 19.8 Å². The Hall–Kier alpha value is -3.06. The Morgan fingerprint density at radius 3 is 2.48 bits per heavy atom. The summed E-state index contributed by atoms with van der Waals surface area (Å²) in [6.45, 7) is 3.82. The summed E-state index contributed by atoms with van der Waals surface area (Å²) < 4.78 is 17.0. The van der Waals surface area contributed by atoms with Gasteiger partial charge in [0, 0.05) is 28.3 Å². The standard InChI is InChI=1S/C24H22BrNO5/c1-5-31-24(28)18-12(2)26-21-14-8-6-7-9-15(14)22(27)20(21)19(18)13-10-16(25)23(30-4)17(11-13)29-3/h6-11,19,26H,5H2,1-4H3/t19-/m0/s1. The molecule has 0 amide bonds. The van der Waals surface area contributed by atoms with E-state index in [1.807, 2.05) is 31.2 Å². The number of Topliss-reactive ketones (excluding diaryl/α,β-unsaturated/α-hetero) is 1. The molecule has 2 aromatic rings. The van der Waals surface area contributed by atoms with E-state index in [0.29, 0.717) is 38.4 Å². The quantitative estimate of drug-likeness (QED) is 0.626. The lowest BCUT2D eigenvalue weighted by atomic mass is 9.79. The van der Waals surface area contributed by atoms with Crippen LogP contribution in [0.25, 0.3) is 5.70 Å². The molecule has 2 aromatic carbocycles. The lowest BCUT2D eigenvalue weighted by molar-refractivity contribution is -0.138. The summed E-state index contributed by atoms with van der Waals surface area (Å²) in [7, 11) is 3.10. The number of carbonyl (C=O) groups is 2. The summed E-state index contributed by atoms with van der Waals surface area (Å²) in [4.78, 5) is 26.5. The summed E-state index contributed by atoms with van der Waals surface area (Å²) in [5.41, 5.74) is 4.47. The van der Waals surface area contributed by atoms with Crippen molar-refractivity contribution in [3.63, 3.8) is 0 Å². The van der Waals surface area contributed by atoms with Crippen LogP contribution in [0.15, 0.2) is 57.7 Å². The molecule has 0 aromatic heterocycles. The summed E-state index contributed by atoms with van der Waals surface area (Å²) in [6, 6.07) is 11.1. The molecule has 1 aliphatic carbocycles.